The van der Waals surface area contributed by atoms with E-state index in [0.717, 1.165) is 4.47 Å². The second-order valence-corrected chi connectivity index (χ2v) is 8.67. The van der Waals surface area contributed by atoms with Gasteiger partial charge in [0, 0.05) is 16.7 Å². The summed E-state index contributed by atoms with van der Waals surface area (Å²) < 4.78 is 33.1. The fraction of sp³-hybridized carbons (Fsp3) is 0.375. The first-order valence-corrected chi connectivity index (χ1v) is 10.0. The van der Waals surface area contributed by atoms with E-state index in [0.29, 0.717) is 30.8 Å². The molecular weight excluding hydrogens is 410 g/mol. The van der Waals surface area contributed by atoms with Crippen LogP contribution in [-0.2, 0) is 14.8 Å². The van der Waals surface area contributed by atoms with Crippen LogP contribution in [0.25, 0.3) is 0 Å². The van der Waals surface area contributed by atoms with Gasteiger partial charge in [-0.1, -0.05) is 27.2 Å². The molecule has 1 aliphatic rings. The lowest BCUT2D eigenvalue weighted by Gasteiger charge is -2.23. The number of hydrogen-bond donors (Lipinski definition) is 1. The first-order chi connectivity index (χ1) is 11.8. The molecule has 2 aromatic rings. The normalized spacial score (nSPS) is 18.4. The van der Waals surface area contributed by atoms with Crippen molar-refractivity contribution in [1.82, 2.24) is 9.46 Å². The van der Waals surface area contributed by atoms with Gasteiger partial charge < -0.3 is 9.84 Å². The van der Waals surface area contributed by atoms with E-state index in [9.17, 15) is 13.2 Å². The van der Waals surface area contributed by atoms with Gasteiger partial charge in [0.15, 0.2) is 5.76 Å². The zero-order chi connectivity index (χ0) is 18.2. The molecule has 1 fully saturated rings. The molecule has 9 heteroatoms. The number of carbonyl (C=O) groups is 1. The number of amides is 1. The highest BCUT2D eigenvalue weighted by Crippen LogP contribution is 2.30. The topological polar surface area (TPSA) is 92.5 Å². The fourth-order valence-electron chi connectivity index (χ4n) is 3.04. The van der Waals surface area contributed by atoms with Crippen LogP contribution in [0.4, 0.5) is 5.69 Å². The Bertz CT molecular complexity index is 890. The number of hydrogen-bond acceptors (Lipinski definition) is 5. The quantitative estimate of drug-likeness (QED) is 0.809. The van der Waals surface area contributed by atoms with E-state index in [2.05, 4.69) is 26.4 Å². The van der Waals surface area contributed by atoms with Crippen LogP contribution < -0.4 is 5.32 Å². The van der Waals surface area contributed by atoms with Crippen LogP contribution in [0.15, 0.2) is 38.2 Å². The lowest BCUT2D eigenvalue weighted by atomic mass is 10.2. The van der Waals surface area contributed by atoms with Crippen molar-refractivity contribution in [3.05, 3.63) is 40.2 Å². The summed E-state index contributed by atoms with van der Waals surface area (Å²) in [5, 5.41) is 6.50. The Labute approximate surface area is 154 Å². The number of nitrogens with one attached hydrogen (secondary N) is 1. The Balaban J connectivity index is 1.86. The second kappa shape index (κ2) is 6.89. The molecular formula is C16H18BrN3O4S. The number of halogens is 1. The molecule has 0 unspecified atom stereocenters. The van der Waals surface area contributed by atoms with Gasteiger partial charge in [-0.25, -0.2) is 8.42 Å². The van der Waals surface area contributed by atoms with E-state index in [1.165, 1.54) is 4.31 Å². The van der Waals surface area contributed by atoms with E-state index in [4.69, 9.17) is 4.52 Å². The average Bonchev–Trinajstić information content (AvgIpc) is 3.15. The van der Waals surface area contributed by atoms with Gasteiger partial charge in [-0.3, -0.25) is 4.79 Å². The van der Waals surface area contributed by atoms with Crippen molar-refractivity contribution in [2.75, 3.05) is 11.9 Å². The average molecular weight is 428 g/mol. The van der Waals surface area contributed by atoms with E-state index in [1.54, 1.807) is 32.0 Å². The van der Waals surface area contributed by atoms with Crippen LogP contribution >= 0.6 is 15.9 Å². The van der Waals surface area contributed by atoms with E-state index in [1.807, 2.05) is 6.07 Å². The molecule has 0 saturated carbocycles. The van der Waals surface area contributed by atoms with Gasteiger partial charge in [0.2, 0.25) is 15.9 Å². The predicted octanol–water partition coefficient (Wildman–Crippen LogP) is 2.85. The molecule has 1 N–H and O–H groups in total. The molecule has 1 aromatic carbocycles. The minimum atomic E-state index is -3.84. The molecule has 0 aliphatic carbocycles. The Morgan fingerprint density at radius 2 is 2.16 bits per heavy atom. The molecule has 0 spiro atoms. The van der Waals surface area contributed by atoms with Crippen molar-refractivity contribution in [1.29, 1.82) is 0 Å². The summed E-state index contributed by atoms with van der Waals surface area (Å²) in [7, 11) is -3.84. The van der Waals surface area contributed by atoms with Crippen LogP contribution in [0.3, 0.4) is 0 Å². The van der Waals surface area contributed by atoms with Crippen LogP contribution in [0, 0.1) is 13.8 Å². The van der Waals surface area contributed by atoms with Crippen molar-refractivity contribution < 1.29 is 17.7 Å². The maximum absolute atomic E-state index is 13.0. The number of carbonyl (C=O) groups excluding carboxylic acids is 1. The summed E-state index contributed by atoms with van der Waals surface area (Å²) in [6.07, 6.45) is 1.10. The first-order valence-electron chi connectivity index (χ1n) is 7.82. The third kappa shape index (κ3) is 3.49. The van der Waals surface area contributed by atoms with E-state index < -0.39 is 16.1 Å². The third-order valence-corrected chi connectivity index (χ3v) is 6.78. The van der Waals surface area contributed by atoms with Gasteiger partial charge in [0.1, 0.15) is 16.6 Å². The van der Waals surface area contributed by atoms with E-state index >= 15 is 0 Å². The Kier molecular flexibility index (Phi) is 4.99. The minimum Gasteiger partial charge on any atom is -0.360 e. The van der Waals surface area contributed by atoms with Crippen molar-refractivity contribution in [2.24, 2.45) is 0 Å². The number of rotatable bonds is 4. The Hall–Kier alpha value is -1.71. The SMILES string of the molecule is Cc1noc(C)c1S(=O)(=O)N1CCC[C@@H]1C(=O)Nc1cccc(Br)c1. The van der Waals surface area contributed by atoms with Gasteiger partial charge in [-0.05, 0) is 44.9 Å². The Morgan fingerprint density at radius 3 is 2.80 bits per heavy atom. The number of benzene rings is 1. The molecule has 3 rings (SSSR count). The molecule has 134 valence electrons. The van der Waals surface area contributed by atoms with Gasteiger partial charge in [0.25, 0.3) is 0 Å². The summed E-state index contributed by atoms with van der Waals surface area (Å²) in [5.41, 5.74) is 0.913. The highest BCUT2D eigenvalue weighted by Gasteiger charge is 2.41. The number of nitrogens with zero attached hydrogens (tertiary/aromatic N) is 2. The van der Waals surface area contributed by atoms with Crippen LogP contribution in [-0.4, -0.2) is 36.4 Å². The number of aryl methyl sites for hydroxylation is 2. The van der Waals surface area contributed by atoms with Gasteiger partial charge in [-0.15, -0.1) is 0 Å². The van der Waals surface area contributed by atoms with Crippen LogP contribution in [0.2, 0.25) is 0 Å². The maximum atomic E-state index is 13.0. The largest absolute Gasteiger partial charge is 0.360 e. The summed E-state index contributed by atoms with van der Waals surface area (Å²) in [6.45, 7) is 3.43. The highest BCUT2D eigenvalue weighted by molar-refractivity contribution is 9.10. The molecule has 0 radical (unpaired) electrons. The number of anilines is 1. The molecule has 1 amide bonds. The fourth-order valence-corrected chi connectivity index (χ4v) is 5.39. The van der Waals surface area contributed by atoms with Crippen molar-refractivity contribution in [3.63, 3.8) is 0 Å². The number of aromatic nitrogens is 1. The number of sulfonamides is 1. The van der Waals surface area contributed by atoms with Crippen molar-refractivity contribution >= 4 is 37.5 Å². The molecule has 1 saturated heterocycles. The highest BCUT2D eigenvalue weighted by atomic mass is 79.9. The van der Waals surface area contributed by atoms with Crippen LogP contribution in [0.5, 0.6) is 0 Å². The minimum absolute atomic E-state index is 0.0506. The molecule has 1 atom stereocenters. The summed E-state index contributed by atoms with van der Waals surface area (Å²) >= 11 is 3.35. The summed E-state index contributed by atoms with van der Waals surface area (Å²) in [6, 6.07) is 6.41. The predicted molar refractivity (Wildman–Crippen MR) is 95.7 cm³/mol. The monoisotopic (exact) mass is 427 g/mol. The van der Waals surface area contributed by atoms with Gasteiger partial charge in [-0.2, -0.15) is 4.31 Å². The molecule has 1 aromatic heterocycles. The van der Waals surface area contributed by atoms with Crippen molar-refractivity contribution in [2.45, 2.75) is 37.6 Å². The Morgan fingerprint density at radius 1 is 1.40 bits per heavy atom. The first kappa shape index (κ1) is 18.1. The molecule has 7 nitrogen and oxygen atoms in total. The van der Waals surface area contributed by atoms with Crippen molar-refractivity contribution in [3.8, 4) is 0 Å². The molecule has 0 bridgehead atoms. The smallest absolute Gasteiger partial charge is 0.249 e. The van der Waals surface area contributed by atoms with E-state index in [-0.39, 0.29) is 16.6 Å². The zero-order valence-corrected chi connectivity index (χ0v) is 16.2. The molecule has 1 aliphatic heterocycles. The van der Waals surface area contributed by atoms with Gasteiger partial charge >= 0.3 is 0 Å². The molecule has 2 heterocycles. The third-order valence-electron chi connectivity index (χ3n) is 4.13. The summed E-state index contributed by atoms with van der Waals surface area (Å²) in [5.74, 6) is -0.110. The summed E-state index contributed by atoms with van der Waals surface area (Å²) in [4.78, 5) is 12.7. The second-order valence-electron chi connectivity index (χ2n) is 5.93. The maximum Gasteiger partial charge on any atom is 0.249 e. The zero-order valence-electron chi connectivity index (χ0n) is 13.8. The van der Waals surface area contributed by atoms with Crippen LogP contribution in [0.1, 0.15) is 24.3 Å². The standard InChI is InChI=1S/C16H18BrN3O4S/c1-10-15(11(2)24-19-10)25(22,23)20-8-4-7-14(20)16(21)18-13-6-3-5-12(17)9-13/h3,5-6,9,14H,4,7-8H2,1-2H3,(H,18,21)/t14-/m1/s1. The van der Waals surface area contributed by atoms with Gasteiger partial charge in [0.05, 0.1) is 0 Å². The molecule has 25 heavy (non-hydrogen) atoms. The lowest BCUT2D eigenvalue weighted by molar-refractivity contribution is -0.119. The lowest BCUT2D eigenvalue weighted by Crippen LogP contribution is -2.43.